The van der Waals surface area contributed by atoms with Crippen LogP contribution in [0.3, 0.4) is 0 Å². The molecule has 0 aromatic heterocycles. The summed E-state index contributed by atoms with van der Waals surface area (Å²) in [5.41, 5.74) is 4.25. The number of hydrogen-bond acceptors (Lipinski definition) is 4. The molecule has 3 amide bonds. The third-order valence-electron chi connectivity index (χ3n) is 3.17. The van der Waals surface area contributed by atoms with Gasteiger partial charge in [0.1, 0.15) is 6.04 Å². The van der Waals surface area contributed by atoms with Crippen LogP contribution in [0.2, 0.25) is 0 Å². The zero-order valence-electron chi connectivity index (χ0n) is 10.9. The second-order valence-electron chi connectivity index (χ2n) is 5.30. The molecular formula is C11H19N3O5. The summed E-state index contributed by atoms with van der Waals surface area (Å²) in [6.45, 7) is 3.10. The average molecular weight is 273 g/mol. The summed E-state index contributed by atoms with van der Waals surface area (Å²) in [5, 5.41) is 20.8. The standard InChI is InChI=1S/C11H19N3O5/c1-11(2,9(12)18)5-13-10(19)14-4-6(15)3-7(14)8(16)17/h6-7,15H,3-5H2,1-2H3,(H2,12,18)(H,13,19)(H,16,17)/t6-,7+/m1/s1. The second kappa shape index (κ2) is 5.43. The van der Waals surface area contributed by atoms with E-state index in [-0.39, 0.29) is 19.5 Å². The third-order valence-corrected chi connectivity index (χ3v) is 3.17. The highest BCUT2D eigenvalue weighted by molar-refractivity contribution is 5.84. The molecule has 0 saturated carbocycles. The maximum atomic E-state index is 11.9. The molecule has 0 bridgehead atoms. The highest BCUT2D eigenvalue weighted by Crippen LogP contribution is 2.19. The van der Waals surface area contributed by atoms with Crippen LogP contribution in [0, 0.1) is 5.41 Å². The number of primary amides is 1. The van der Waals surface area contributed by atoms with Crippen LogP contribution in [0.4, 0.5) is 4.79 Å². The largest absolute Gasteiger partial charge is 0.480 e. The number of carbonyl (C=O) groups excluding carboxylic acids is 2. The summed E-state index contributed by atoms with van der Waals surface area (Å²) >= 11 is 0. The first-order valence-electron chi connectivity index (χ1n) is 5.90. The lowest BCUT2D eigenvalue weighted by Crippen LogP contribution is -2.50. The number of nitrogens with one attached hydrogen (secondary N) is 1. The Morgan fingerprint density at radius 2 is 2.00 bits per heavy atom. The van der Waals surface area contributed by atoms with Crippen molar-refractivity contribution in [2.75, 3.05) is 13.1 Å². The SMILES string of the molecule is CC(C)(CNC(=O)N1C[C@H](O)C[C@H]1C(=O)O)C(N)=O. The Balaban J connectivity index is 2.63. The molecule has 1 rings (SSSR count). The van der Waals surface area contributed by atoms with Crippen molar-refractivity contribution in [1.29, 1.82) is 0 Å². The molecule has 1 heterocycles. The van der Waals surface area contributed by atoms with Gasteiger partial charge < -0.3 is 26.2 Å². The Kier molecular flexibility index (Phi) is 4.35. The molecule has 1 aliphatic rings. The molecule has 1 aliphatic heterocycles. The highest BCUT2D eigenvalue weighted by atomic mass is 16.4. The number of hydrogen-bond donors (Lipinski definition) is 4. The highest BCUT2D eigenvalue weighted by Gasteiger charge is 2.39. The van der Waals surface area contributed by atoms with Gasteiger partial charge in [0.15, 0.2) is 0 Å². The Bertz CT molecular complexity index is 396. The first-order chi connectivity index (χ1) is 8.65. The van der Waals surface area contributed by atoms with E-state index in [4.69, 9.17) is 10.8 Å². The summed E-state index contributed by atoms with van der Waals surface area (Å²) in [6.07, 6.45) is -0.849. The third kappa shape index (κ3) is 3.57. The van der Waals surface area contributed by atoms with Crippen molar-refractivity contribution in [3.8, 4) is 0 Å². The van der Waals surface area contributed by atoms with E-state index in [1.807, 2.05) is 0 Å². The number of carbonyl (C=O) groups is 3. The molecule has 8 heteroatoms. The van der Waals surface area contributed by atoms with E-state index in [2.05, 4.69) is 5.32 Å². The van der Waals surface area contributed by atoms with Crippen molar-refractivity contribution < 1.29 is 24.6 Å². The van der Waals surface area contributed by atoms with Gasteiger partial charge in [0.25, 0.3) is 0 Å². The van der Waals surface area contributed by atoms with E-state index in [9.17, 15) is 19.5 Å². The predicted octanol–water partition coefficient (Wildman–Crippen LogP) is -1.27. The Morgan fingerprint density at radius 3 is 2.47 bits per heavy atom. The average Bonchev–Trinajstić information content (AvgIpc) is 2.68. The lowest BCUT2D eigenvalue weighted by Gasteiger charge is -2.25. The van der Waals surface area contributed by atoms with Gasteiger partial charge in [0.05, 0.1) is 11.5 Å². The van der Waals surface area contributed by atoms with Crippen molar-refractivity contribution in [2.45, 2.75) is 32.4 Å². The molecule has 2 atom stereocenters. The minimum absolute atomic E-state index is 0.000100. The van der Waals surface area contributed by atoms with Crippen molar-refractivity contribution in [1.82, 2.24) is 10.2 Å². The monoisotopic (exact) mass is 273 g/mol. The summed E-state index contributed by atoms with van der Waals surface area (Å²) in [7, 11) is 0. The molecule has 0 aromatic carbocycles. The number of β-amino-alcohol motifs (C(OH)–C–C–N with tert-alkyl or cyclic N) is 1. The number of aliphatic hydroxyl groups is 1. The van der Waals surface area contributed by atoms with Crippen molar-refractivity contribution >= 4 is 17.9 Å². The maximum Gasteiger partial charge on any atom is 0.326 e. The second-order valence-corrected chi connectivity index (χ2v) is 5.30. The summed E-state index contributed by atoms with van der Waals surface area (Å²) < 4.78 is 0. The Morgan fingerprint density at radius 1 is 1.42 bits per heavy atom. The first kappa shape index (κ1) is 15.2. The molecule has 108 valence electrons. The molecule has 0 aromatic rings. The van der Waals surface area contributed by atoms with Gasteiger partial charge in [-0.1, -0.05) is 0 Å². The normalized spacial score (nSPS) is 23.2. The number of aliphatic hydroxyl groups excluding tert-OH is 1. The number of nitrogens with zero attached hydrogens (tertiary/aromatic N) is 1. The Hall–Kier alpha value is -1.83. The van der Waals surface area contributed by atoms with Gasteiger partial charge in [-0.25, -0.2) is 9.59 Å². The predicted molar refractivity (Wildman–Crippen MR) is 65.1 cm³/mol. The number of rotatable bonds is 4. The zero-order valence-corrected chi connectivity index (χ0v) is 10.9. The molecule has 0 aliphatic carbocycles. The minimum atomic E-state index is -1.17. The van der Waals surface area contributed by atoms with Crippen LogP contribution in [0.15, 0.2) is 0 Å². The fourth-order valence-corrected chi connectivity index (χ4v) is 1.76. The molecule has 8 nitrogen and oxygen atoms in total. The van der Waals surface area contributed by atoms with Crippen LogP contribution in [-0.4, -0.2) is 58.3 Å². The number of urea groups is 1. The van der Waals surface area contributed by atoms with Gasteiger partial charge in [-0.3, -0.25) is 4.79 Å². The zero-order chi connectivity index (χ0) is 14.8. The minimum Gasteiger partial charge on any atom is -0.480 e. The molecule has 0 unspecified atom stereocenters. The summed E-state index contributed by atoms with van der Waals surface area (Å²) in [5.74, 6) is -1.73. The van der Waals surface area contributed by atoms with Crippen LogP contribution in [0.25, 0.3) is 0 Å². The molecule has 19 heavy (non-hydrogen) atoms. The van der Waals surface area contributed by atoms with Gasteiger partial charge in [-0.05, 0) is 13.8 Å². The fourth-order valence-electron chi connectivity index (χ4n) is 1.76. The molecule has 5 N–H and O–H groups in total. The van der Waals surface area contributed by atoms with Gasteiger partial charge in [0, 0.05) is 19.5 Å². The van der Waals surface area contributed by atoms with Crippen molar-refractivity contribution in [3.05, 3.63) is 0 Å². The number of nitrogens with two attached hydrogens (primary N) is 1. The molecular weight excluding hydrogens is 254 g/mol. The smallest absolute Gasteiger partial charge is 0.326 e. The van der Waals surface area contributed by atoms with E-state index in [1.165, 1.54) is 0 Å². The molecule has 0 radical (unpaired) electrons. The number of carboxylic acid groups (broad SMARTS) is 1. The van der Waals surface area contributed by atoms with Crippen LogP contribution < -0.4 is 11.1 Å². The van der Waals surface area contributed by atoms with Gasteiger partial charge in [0.2, 0.25) is 5.91 Å². The van der Waals surface area contributed by atoms with Gasteiger partial charge in [-0.2, -0.15) is 0 Å². The van der Waals surface area contributed by atoms with E-state index in [0.717, 1.165) is 4.90 Å². The van der Waals surface area contributed by atoms with Crippen LogP contribution in [0.5, 0.6) is 0 Å². The first-order valence-corrected chi connectivity index (χ1v) is 5.90. The van der Waals surface area contributed by atoms with Gasteiger partial charge >= 0.3 is 12.0 Å². The molecule has 1 fully saturated rings. The van der Waals surface area contributed by atoms with E-state index < -0.39 is 35.5 Å². The number of aliphatic carboxylic acids is 1. The van der Waals surface area contributed by atoms with Crippen LogP contribution >= 0.6 is 0 Å². The topological polar surface area (TPSA) is 133 Å². The fraction of sp³-hybridized carbons (Fsp3) is 0.727. The van der Waals surface area contributed by atoms with E-state index in [1.54, 1.807) is 13.8 Å². The van der Waals surface area contributed by atoms with E-state index >= 15 is 0 Å². The van der Waals surface area contributed by atoms with E-state index in [0.29, 0.717) is 0 Å². The number of likely N-dealkylation sites (tertiary alicyclic amines) is 1. The molecule has 0 spiro atoms. The number of amides is 3. The number of carboxylic acids is 1. The summed E-state index contributed by atoms with van der Waals surface area (Å²) in [6, 6.07) is -1.68. The van der Waals surface area contributed by atoms with Crippen LogP contribution in [0.1, 0.15) is 20.3 Å². The summed E-state index contributed by atoms with van der Waals surface area (Å²) in [4.78, 5) is 35.0. The van der Waals surface area contributed by atoms with Crippen LogP contribution in [-0.2, 0) is 9.59 Å². The Labute approximate surface area is 110 Å². The van der Waals surface area contributed by atoms with Gasteiger partial charge in [-0.15, -0.1) is 0 Å². The lowest BCUT2D eigenvalue weighted by atomic mass is 9.93. The van der Waals surface area contributed by atoms with Crippen molar-refractivity contribution in [2.24, 2.45) is 11.1 Å². The lowest BCUT2D eigenvalue weighted by molar-refractivity contribution is -0.141. The maximum absolute atomic E-state index is 11.9. The molecule has 1 saturated heterocycles. The quantitative estimate of drug-likeness (QED) is 0.506. The van der Waals surface area contributed by atoms with Crippen molar-refractivity contribution in [3.63, 3.8) is 0 Å².